The van der Waals surface area contributed by atoms with Gasteiger partial charge in [-0.25, -0.2) is 0 Å². The molecule has 1 heterocycles. The molecular weight excluding hydrogens is 240 g/mol. The van der Waals surface area contributed by atoms with Crippen molar-refractivity contribution in [2.75, 3.05) is 25.6 Å². The molecule has 0 saturated heterocycles. The molecule has 6 heteroatoms. The highest BCUT2D eigenvalue weighted by Gasteiger charge is 2.12. The van der Waals surface area contributed by atoms with Crippen LogP contribution in [0.15, 0.2) is 0 Å². The average Bonchev–Trinajstić information content (AvgIpc) is 2.14. The minimum Gasteiger partial charge on any atom is -0.463 e. The summed E-state index contributed by atoms with van der Waals surface area (Å²) in [5.74, 6) is 0.496. The van der Waals surface area contributed by atoms with Crippen LogP contribution in [0.25, 0.3) is 0 Å². The van der Waals surface area contributed by atoms with Crippen LogP contribution in [0.4, 0.5) is 5.95 Å². The minimum atomic E-state index is 0.148. The molecule has 0 aliphatic rings. The Morgan fingerprint density at radius 3 is 2.35 bits per heavy atom. The van der Waals surface area contributed by atoms with E-state index in [9.17, 15) is 0 Å². The summed E-state index contributed by atoms with van der Waals surface area (Å²) in [7, 11) is 3.68. The third kappa shape index (κ3) is 5.17. The zero-order valence-electron chi connectivity index (χ0n) is 11.0. The molecule has 0 spiro atoms. The smallest absolute Gasteiger partial charge is 0.322 e. The van der Waals surface area contributed by atoms with Crippen LogP contribution >= 0.6 is 11.6 Å². The highest BCUT2D eigenvalue weighted by atomic mass is 35.5. The van der Waals surface area contributed by atoms with Gasteiger partial charge in [-0.1, -0.05) is 20.8 Å². The van der Waals surface area contributed by atoms with Gasteiger partial charge in [0.2, 0.25) is 11.2 Å². The quantitative estimate of drug-likeness (QED) is 0.830. The minimum absolute atomic E-state index is 0.148. The van der Waals surface area contributed by atoms with E-state index in [1.54, 1.807) is 4.90 Å². The largest absolute Gasteiger partial charge is 0.463 e. The summed E-state index contributed by atoms with van der Waals surface area (Å²) >= 11 is 5.79. The maximum absolute atomic E-state index is 5.79. The maximum Gasteiger partial charge on any atom is 0.322 e. The van der Waals surface area contributed by atoms with Gasteiger partial charge in [0.05, 0.1) is 6.61 Å². The van der Waals surface area contributed by atoms with E-state index in [0.29, 0.717) is 12.6 Å². The molecule has 1 aromatic heterocycles. The van der Waals surface area contributed by atoms with Crippen LogP contribution in [0.5, 0.6) is 6.01 Å². The maximum atomic E-state index is 5.79. The molecule has 17 heavy (non-hydrogen) atoms. The monoisotopic (exact) mass is 258 g/mol. The van der Waals surface area contributed by atoms with Crippen molar-refractivity contribution in [1.29, 1.82) is 0 Å². The van der Waals surface area contributed by atoms with Crippen LogP contribution in [0.3, 0.4) is 0 Å². The van der Waals surface area contributed by atoms with Crippen LogP contribution in [0, 0.1) is 5.41 Å². The van der Waals surface area contributed by atoms with Gasteiger partial charge >= 0.3 is 6.01 Å². The molecule has 0 fully saturated rings. The summed E-state index contributed by atoms with van der Waals surface area (Å²) in [6, 6.07) is 0.276. The van der Waals surface area contributed by atoms with Gasteiger partial charge in [-0.15, -0.1) is 0 Å². The van der Waals surface area contributed by atoms with Crippen LogP contribution < -0.4 is 9.64 Å². The molecule has 1 rings (SSSR count). The van der Waals surface area contributed by atoms with Crippen molar-refractivity contribution in [2.24, 2.45) is 5.41 Å². The lowest BCUT2D eigenvalue weighted by Crippen LogP contribution is -2.16. The number of aromatic nitrogens is 3. The van der Waals surface area contributed by atoms with Crippen molar-refractivity contribution in [3.05, 3.63) is 5.28 Å². The van der Waals surface area contributed by atoms with Gasteiger partial charge in [0.1, 0.15) is 0 Å². The van der Waals surface area contributed by atoms with Gasteiger partial charge in [-0.3, -0.25) is 0 Å². The van der Waals surface area contributed by atoms with Crippen LogP contribution in [0.2, 0.25) is 5.28 Å². The molecule has 0 aliphatic heterocycles. The molecule has 0 amide bonds. The summed E-state index contributed by atoms with van der Waals surface area (Å²) < 4.78 is 5.48. The lowest BCUT2D eigenvalue weighted by Gasteiger charge is -2.17. The number of hydrogen-bond donors (Lipinski definition) is 0. The van der Waals surface area contributed by atoms with Gasteiger partial charge in [0, 0.05) is 14.1 Å². The molecule has 0 N–H and O–H groups in total. The Hall–Kier alpha value is -1.10. The zero-order chi connectivity index (χ0) is 13.1. The van der Waals surface area contributed by atoms with E-state index in [2.05, 4.69) is 35.7 Å². The summed E-state index contributed by atoms with van der Waals surface area (Å²) in [6.07, 6.45) is 0.924. The van der Waals surface area contributed by atoms with E-state index in [0.717, 1.165) is 6.42 Å². The molecule has 5 nitrogen and oxygen atoms in total. The molecular formula is C11H19ClN4O. The Bertz CT molecular complexity index is 376. The van der Waals surface area contributed by atoms with E-state index >= 15 is 0 Å². The molecule has 0 bridgehead atoms. The molecule has 0 aromatic carbocycles. The van der Waals surface area contributed by atoms with E-state index in [-0.39, 0.29) is 16.7 Å². The Morgan fingerprint density at radius 1 is 1.18 bits per heavy atom. The number of hydrogen-bond acceptors (Lipinski definition) is 5. The number of rotatable bonds is 4. The summed E-state index contributed by atoms with van der Waals surface area (Å²) in [5.41, 5.74) is 0.223. The van der Waals surface area contributed by atoms with Gasteiger partial charge in [0.25, 0.3) is 0 Å². The van der Waals surface area contributed by atoms with E-state index in [1.165, 1.54) is 0 Å². The Kier molecular flexibility index (Phi) is 4.51. The second-order valence-electron chi connectivity index (χ2n) is 5.24. The molecule has 0 aliphatic carbocycles. The molecule has 0 unspecified atom stereocenters. The first-order chi connectivity index (χ1) is 7.78. The number of halogens is 1. The van der Waals surface area contributed by atoms with Gasteiger partial charge in [-0.2, -0.15) is 15.0 Å². The number of nitrogens with zero attached hydrogens (tertiary/aromatic N) is 4. The summed E-state index contributed by atoms with van der Waals surface area (Å²) in [4.78, 5) is 13.8. The standard InChI is InChI=1S/C11H19ClN4O/c1-11(2,3)6-7-17-10-14-8(12)13-9(15-10)16(4)5/h6-7H2,1-5H3. The van der Waals surface area contributed by atoms with Crippen molar-refractivity contribution in [1.82, 2.24) is 15.0 Å². The SMILES string of the molecule is CN(C)c1nc(Cl)nc(OCCC(C)(C)C)n1. The summed E-state index contributed by atoms with van der Waals surface area (Å²) in [6.45, 7) is 7.03. The third-order valence-corrected chi connectivity index (χ3v) is 2.23. The lowest BCUT2D eigenvalue weighted by molar-refractivity contribution is 0.228. The second-order valence-corrected chi connectivity index (χ2v) is 5.58. The second kappa shape index (κ2) is 5.49. The molecule has 96 valence electrons. The molecule has 0 atom stereocenters. The van der Waals surface area contributed by atoms with Crippen molar-refractivity contribution >= 4 is 17.5 Å². The van der Waals surface area contributed by atoms with Gasteiger partial charge < -0.3 is 9.64 Å². The van der Waals surface area contributed by atoms with Crippen LogP contribution in [-0.2, 0) is 0 Å². The Morgan fingerprint density at radius 2 is 1.82 bits per heavy atom. The fourth-order valence-corrected chi connectivity index (χ4v) is 1.18. The molecule has 0 saturated carbocycles. The fourth-order valence-electron chi connectivity index (χ4n) is 1.04. The van der Waals surface area contributed by atoms with E-state index < -0.39 is 0 Å². The average molecular weight is 259 g/mol. The van der Waals surface area contributed by atoms with E-state index in [1.807, 2.05) is 14.1 Å². The topological polar surface area (TPSA) is 51.1 Å². The van der Waals surface area contributed by atoms with Crippen molar-refractivity contribution < 1.29 is 4.74 Å². The lowest BCUT2D eigenvalue weighted by atomic mass is 9.93. The van der Waals surface area contributed by atoms with Crippen LogP contribution in [0.1, 0.15) is 27.2 Å². The zero-order valence-corrected chi connectivity index (χ0v) is 11.7. The number of ether oxygens (including phenoxy) is 1. The first kappa shape index (κ1) is 14.0. The first-order valence-electron chi connectivity index (χ1n) is 5.50. The van der Waals surface area contributed by atoms with Gasteiger partial charge in [0.15, 0.2) is 0 Å². The highest BCUT2D eigenvalue weighted by Crippen LogP contribution is 2.19. The van der Waals surface area contributed by atoms with Crippen molar-refractivity contribution in [2.45, 2.75) is 27.2 Å². The first-order valence-corrected chi connectivity index (χ1v) is 5.87. The Labute approximate surface area is 107 Å². The van der Waals surface area contributed by atoms with E-state index in [4.69, 9.17) is 16.3 Å². The van der Waals surface area contributed by atoms with Crippen molar-refractivity contribution in [3.63, 3.8) is 0 Å². The van der Waals surface area contributed by atoms with Gasteiger partial charge in [-0.05, 0) is 23.4 Å². The fraction of sp³-hybridized carbons (Fsp3) is 0.727. The van der Waals surface area contributed by atoms with Crippen molar-refractivity contribution in [3.8, 4) is 6.01 Å². The summed E-state index contributed by atoms with van der Waals surface area (Å²) in [5, 5.41) is 0.148. The third-order valence-electron chi connectivity index (χ3n) is 2.06. The molecule has 0 radical (unpaired) electrons. The van der Waals surface area contributed by atoms with Crippen LogP contribution in [-0.4, -0.2) is 35.7 Å². The normalized spacial score (nSPS) is 11.4. The Balaban J connectivity index is 2.65. The number of anilines is 1. The molecule has 1 aromatic rings. The predicted octanol–water partition coefficient (Wildman–Crippen LogP) is 2.41. The predicted molar refractivity (Wildman–Crippen MR) is 68.7 cm³/mol. The highest BCUT2D eigenvalue weighted by molar-refractivity contribution is 6.28.